The molecule has 0 atom stereocenters. The number of ether oxygens (including phenoxy) is 2. The molecule has 1 aliphatic rings. The zero-order chi connectivity index (χ0) is 20.9. The number of hydrogen-bond acceptors (Lipinski definition) is 7. The van der Waals surface area contributed by atoms with Gasteiger partial charge in [0.2, 0.25) is 10.0 Å². The molecular weight excluding hydrogens is 392 g/mol. The Hall–Kier alpha value is -2.65. The molecule has 2 heterocycles. The van der Waals surface area contributed by atoms with Gasteiger partial charge in [0.1, 0.15) is 10.7 Å². The monoisotopic (exact) mass is 418 g/mol. The Balaban J connectivity index is 1.71. The summed E-state index contributed by atoms with van der Waals surface area (Å²) in [4.78, 5) is 4.40. The van der Waals surface area contributed by atoms with Crippen LogP contribution >= 0.6 is 0 Å². The Morgan fingerprint density at radius 3 is 2.41 bits per heavy atom. The molecule has 0 amide bonds. The van der Waals surface area contributed by atoms with Crippen LogP contribution < -0.4 is 14.9 Å². The van der Waals surface area contributed by atoms with E-state index >= 15 is 0 Å². The van der Waals surface area contributed by atoms with E-state index in [0.29, 0.717) is 30.4 Å². The third-order valence-electron chi connectivity index (χ3n) is 4.83. The molecule has 1 aromatic carbocycles. The van der Waals surface area contributed by atoms with Gasteiger partial charge >= 0.3 is 0 Å². The molecule has 1 saturated heterocycles. The molecule has 1 aromatic heterocycles. The number of nitrogens with one attached hydrogen (secondary N) is 1. The number of methoxy groups -OCH3 is 2. The summed E-state index contributed by atoms with van der Waals surface area (Å²) in [7, 11) is -0.323. The molecule has 29 heavy (non-hydrogen) atoms. The molecule has 3 rings (SSSR count). The van der Waals surface area contributed by atoms with Gasteiger partial charge in [-0.25, -0.2) is 13.4 Å². The Morgan fingerprint density at radius 1 is 1.07 bits per heavy atom. The number of rotatable bonds is 7. The minimum Gasteiger partial charge on any atom is -0.493 e. The number of nitrogens with zero attached hydrogens (tertiary/aromatic N) is 3. The van der Waals surface area contributed by atoms with Gasteiger partial charge in [0.25, 0.3) is 0 Å². The van der Waals surface area contributed by atoms with E-state index < -0.39 is 10.0 Å². The molecule has 0 aliphatic carbocycles. The lowest BCUT2D eigenvalue weighted by Crippen LogP contribution is -2.35. The summed E-state index contributed by atoms with van der Waals surface area (Å²) in [5, 5.41) is 4.33. The van der Waals surface area contributed by atoms with Gasteiger partial charge in [-0.15, -0.1) is 0 Å². The topological polar surface area (TPSA) is 93.1 Å². The van der Waals surface area contributed by atoms with Crippen molar-refractivity contribution in [2.75, 3.05) is 32.7 Å². The first-order valence-electron chi connectivity index (χ1n) is 9.44. The second kappa shape index (κ2) is 9.23. The number of pyridine rings is 1. The first-order chi connectivity index (χ1) is 14.0. The molecule has 0 saturated carbocycles. The number of anilines is 1. The summed E-state index contributed by atoms with van der Waals surface area (Å²) in [6.45, 7) is 2.98. The number of sulfonamides is 1. The molecule has 0 radical (unpaired) electrons. The maximum Gasteiger partial charge on any atom is 0.244 e. The predicted molar refractivity (Wildman–Crippen MR) is 112 cm³/mol. The first kappa shape index (κ1) is 21.1. The first-order valence-corrected chi connectivity index (χ1v) is 10.9. The van der Waals surface area contributed by atoms with Crippen LogP contribution in [0.2, 0.25) is 0 Å². The van der Waals surface area contributed by atoms with Gasteiger partial charge in [-0.2, -0.15) is 9.41 Å². The van der Waals surface area contributed by atoms with E-state index in [1.165, 1.54) is 10.5 Å². The Labute approximate surface area is 171 Å². The van der Waals surface area contributed by atoms with E-state index in [-0.39, 0.29) is 4.90 Å². The van der Waals surface area contributed by atoms with E-state index in [1.54, 1.807) is 26.4 Å². The maximum atomic E-state index is 12.7. The van der Waals surface area contributed by atoms with Gasteiger partial charge < -0.3 is 9.47 Å². The standard InChI is InChI=1S/C20H26N4O4S/c1-15(16-7-9-18(27-2)19(13-16)28-3)22-23-20-10-8-17(14-21-20)29(25,26)24-11-5-4-6-12-24/h7-10,13-14H,4-6,11-12H2,1-3H3,(H,21,23)/b22-15+. The summed E-state index contributed by atoms with van der Waals surface area (Å²) >= 11 is 0. The van der Waals surface area contributed by atoms with Crippen molar-refractivity contribution in [2.45, 2.75) is 31.1 Å². The van der Waals surface area contributed by atoms with Crippen LogP contribution in [0.5, 0.6) is 11.5 Å². The smallest absolute Gasteiger partial charge is 0.244 e. The average molecular weight is 419 g/mol. The minimum absolute atomic E-state index is 0.200. The highest BCUT2D eigenvalue weighted by Crippen LogP contribution is 2.28. The fourth-order valence-corrected chi connectivity index (χ4v) is 4.58. The molecule has 9 heteroatoms. The molecule has 156 valence electrons. The second-order valence-electron chi connectivity index (χ2n) is 6.72. The van der Waals surface area contributed by atoms with E-state index in [1.807, 2.05) is 25.1 Å². The van der Waals surface area contributed by atoms with Crippen LogP contribution in [0, 0.1) is 0 Å². The maximum absolute atomic E-state index is 12.7. The normalized spacial score (nSPS) is 15.8. The zero-order valence-electron chi connectivity index (χ0n) is 16.9. The molecule has 0 bridgehead atoms. The predicted octanol–water partition coefficient (Wildman–Crippen LogP) is 3.11. The number of hydrazone groups is 1. The number of piperidine rings is 1. The van der Waals surface area contributed by atoms with Gasteiger partial charge in [0.05, 0.1) is 19.9 Å². The largest absolute Gasteiger partial charge is 0.493 e. The Bertz CT molecular complexity index is 968. The molecule has 0 spiro atoms. The van der Waals surface area contributed by atoms with Crippen LogP contribution in [0.4, 0.5) is 5.82 Å². The fourth-order valence-electron chi connectivity index (χ4n) is 3.12. The third kappa shape index (κ3) is 4.86. The third-order valence-corrected chi connectivity index (χ3v) is 6.71. The Morgan fingerprint density at radius 2 is 1.79 bits per heavy atom. The number of aromatic nitrogens is 1. The average Bonchev–Trinajstić information content (AvgIpc) is 2.77. The highest BCUT2D eigenvalue weighted by atomic mass is 32.2. The molecular formula is C20H26N4O4S. The van der Waals surface area contributed by atoms with Crippen molar-refractivity contribution in [1.29, 1.82) is 0 Å². The summed E-state index contributed by atoms with van der Waals surface area (Å²) in [6.07, 6.45) is 4.24. The van der Waals surface area contributed by atoms with Crippen molar-refractivity contribution in [3.05, 3.63) is 42.1 Å². The molecule has 1 N–H and O–H groups in total. The highest BCUT2D eigenvalue weighted by molar-refractivity contribution is 7.89. The van der Waals surface area contributed by atoms with Crippen molar-refractivity contribution >= 4 is 21.6 Å². The van der Waals surface area contributed by atoms with Gasteiger partial charge in [-0.05, 0) is 50.1 Å². The van der Waals surface area contributed by atoms with Crippen LogP contribution in [-0.4, -0.2) is 50.7 Å². The molecule has 1 fully saturated rings. The molecule has 2 aromatic rings. The summed E-state index contributed by atoms with van der Waals surface area (Å²) < 4.78 is 37.4. The second-order valence-corrected chi connectivity index (χ2v) is 8.66. The van der Waals surface area contributed by atoms with Crippen LogP contribution in [-0.2, 0) is 10.0 Å². The van der Waals surface area contributed by atoms with Crippen molar-refractivity contribution in [2.24, 2.45) is 5.10 Å². The SMILES string of the molecule is COc1ccc(/C(C)=N/Nc2ccc(S(=O)(=O)N3CCCCC3)cn2)cc1OC. The summed E-state index contributed by atoms with van der Waals surface area (Å²) in [5.74, 6) is 1.72. The van der Waals surface area contributed by atoms with Gasteiger partial charge in [-0.1, -0.05) is 6.42 Å². The number of benzene rings is 1. The van der Waals surface area contributed by atoms with E-state index in [0.717, 1.165) is 30.5 Å². The van der Waals surface area contributed by atoms with Gasteiger partial charge in [0, 0.05) is 24.8 Å². The summed E-state index contributed by atoms with van der Waals surface area (Å²) in [6, 6.07) is 8.69. The van der Waals surface area contributed by atoms with Crippen molar-refractivity contribution < 1.29 is 17.9 Å². The number of hydrogen-bond donors (Lipinski definition) is 1. The quantitative estimate of drug-likeness (QED) is 0.549. The van der Waals surface area contributed by atoms with Crippen molar-refractivity contribution in [3.63, 3.8) is 0 Å². The minimum atomic E-state index is -3.49. The molecule has 8 nitrogen and oxygen atoms in total. The van der Waals surface area contributed by atoms with E-state index in [9.17, 15) is 8.42 Å². The van der Waals surface area contributed by atoms with E-state index in [4.69, 9.17) is 9.47 Å². The lowest BCUT2D eigenvalue weighted by atomic mass is 10.1. The van der Waals surface area contributed by atoms with Crippen molar-refractivity contribution in [1.82, 2.24) is 9.29 Å². The fraction of sp³-hybridized carbons (Fsp3) is 0.400. The zero-order valence-corrected chi connectivity index (χ0v) is 17.7. The van der Waals surface area contributed by atoms with E-state index in [2.05, 4.69) is 15.5 Å². The molecule has 1 aliphatic heterocycles. The van der Waals surface area contributed by atoms with Gasteiger partial charge in [-0.3, -0.25) is 5.43 Å². The van der Waals surface area contributed by atoms with Crippen LogP contribution in [0.3, 0.4) is 0 Å². The van der Waals surface area contributed by atoms with Crippen molar-refractivity contribution in [3.8, 4) is 11.5 Å². The molecule has 0 unspecified atom stereocenters. The lowest BCUT2D eigenvalue weighted by molar-refractivity contribution is 0.346. The van der Waals surface area contributed by atoms with Crippen LogP contribution in [0.1, 0.15) is 31.7 Å². The Kier molecular flexibility index (Phi) is 6.71. The van der Waals surface area contributed by atoms with Crippen LogP contribution in [0.15, 0.2) is 46.5 Å². The van der Waals surface area contributed by atoms with Crippen LogP contribution in [0.25, 0.3) is 0 Å². The van der Waals surface area contributed by atoms with Gasteiger partial charge in [0.15, 0.2) is 11.5 Å². The lowest BCUT2D eigenvalue weighted by Gasteiger charge is -2.25. The summed E-state index contributed by atoms with van der Waals surface area (Å²) in [5.41, 5.74) is 4.44. The highest BCUT2D eigenvalue weighted by Gasteiger charge is 2.26.